The van der Waals surface area contributed by atoms with E-state index in [1.165, 1.54) is 32.3 Å². The van der Waals surface area contributed by atoms with Crippen molar-refractivity contribution in [1.82, 2.24) is 4.31 Å². The van der Waals surface area contributed by atoms with Gasteiger partial charge in [-0.2, -0.15) is 13.2 Å². The zero-order valence-electron chi connectivity index (χ0n) is 15.8. The number of carbonyl (C=O) groups is 1. The molecule has 0 aliphatic rings. The highest BCUT2D eigenvalue weighted by atomic mass is 35.5. The number of alkyl halides is 3. The smallest absolute Gasteiger partial charge is 0.376 e. The summed E-state index contributed by atoms with van der Waals surface area (Å²) in [5.41, 5.74) is -0.00642. The second-order valence-corrected chi connectivity index (χ2v) is 8.92. The minimum absolute atomic E-state index is 0.0449. The Balaban J connectivity index is 2.12. The molecule has 0 fully saturated rings. The summed E-state index contributed by atoms with van der Waals surface area (Å²) >= 11 is 5.55. The van der Waals surface area contributed by atoms with E-state index < -0.39 is 32.7 Å². The number of nitrogens with one attached hydrogen (secondary N) is 2. The van der Waals surface area contributed by atoms with Crippen molar-refractivity contribution >= 4 is 38.9 Å². The Morgan fingerprint density at radius 2 is 1.79 bits per heavy atom. The highest BCUT2D eigenvalue weighted by Crippen LogP contribution is 2.36. The van der Waals surface area contributed by atoms with Gasteiger partial charge < -0.3 is 10.6 Å². The fourth-order valence-corrected chi connectivity index (χ4v) is 3.52. The van der Waals surface area contributed by atoms with Crippen LogP contribution in [-0.4, -0.2) is 39.3 Å². The highest BCUT2D eigenvalue weighted by molar-refractivity contribution is 7.89. The first-order chi connectivity index (χ1) is 13.3. The average Bonchev–Trinajstić information content (AvgIpc) is 2.61. The summed E-state index contributed by atoms with van der Waals surface area (Å²) in [6, 6.07) is 7.48. The van der Waals surface area contributed by atoms with Crippen LogP contribution in [0.5, 0.6) is 0 Å². The maximum absolute atomic E-state index is 12.9. The van der Waals surface area contributed by atoms with Gasteiger partial charge in [-0.3, -0.25) is 4.79 Å². The van der Waals surface area contributed by atoms with Crippen LogP contribution >= 0.6 is 11.6 Å². The standard InChI is InChI=1S/C18H19ClF3N3O3S/c1-11-4-6-13(29(27,28)25(2)3)9-16(11)23-10-17(26)24-12-5-7-15(19)14(8-12)18(20,21)22/h4-9,23H,10H2,1-3H3,(H,24,26). The summed E-state index contributed by atoms with van der Waals surface area (Å²) in [5.74, 6) is -0.610. The van der Waals surface area contributed by atoms with Crippen molar-refractivity contribution in [1.29, 1.82) is 0 Å². The van der Waals surface area contributed by atoms with E-state index >= 15 is 0 Å². The Kier molecular flexibility index (Phi) is 6.82. The molecule has 0 saturated heterocycles. The quantitative estimate of drug-likeness (QED) is 0.699. The van der Waals surface area contributed by atoms with Crippen LogP contribution in [0.3, 0.4) is 0 Å². The van der Waals surface area contributed by atoms with Crippen LogP contribution in [0.15, 0.2) is 41.3 Å². The van der Waals surface area contributed by atoms with E-state index in [0.29, 0.717) is 11.3 Å². The van der Waals surface area contributed by atoms with Crippen molar-refractivity contribution in [2.24, 2.45) is 0 Å². The van der Waals surface area contributed by atoms with Crippen molar-refractivity contribution in [2.75, 3.05) is 31.3 Å². The van der Waals surface area contributed by atoms with E-state index in [0.717, 1.165) is 16.4 Å². The topological polar surface area (TPSA) is 78.5 Å². The Morgan fingerprint density at radius 1 is 1.14 bits per heavy atom. The van der Waals surface area contributed by atoms with E-state index in [-0.39, 0.29) is 17.1 Å². The summed E-state index contributed by atoms with van der Waals surface area (Å²) in [5, 5.41) is 4.68. The summed E-state index contributed by atoms with van der Waals surface area (Å²) in [4.78, 5) is 12.2. The van der Waals surface area contributed by atoms with Gasteiger partial charge in [0.1, 0.15) is 0 Å². The minimum Gasteiger partial charge on any atom is -0.376 e. The predicted octanol–water partition coefficient (Wildman–Crippen LogP) is 3.97. The molecule has 0 bridgehead atoms. The van der Waals surface area contributed by atoms with Crippen molar-refractivity contribution < 1.29 is 26.4 Å². The largest absolute Gasteiger partial charge is 0.417 e. The number of anilines is 2. The Labute approximate surface area is 171 Å². The molecule has 158 valence electrons. The third-order valence-electron chi connectivity index (χ3n) is 3.98. The Morgan fingerprint density at radius 3 is 2.38 bits per heavy atom. The molecule has 29 heavy (non-hydrogen) atoms. The lowest BCUT2D eigenvalue weighted by atomic mass is 10.2. The molecule has 0 aromatic heterocycles. The molecule has 11 heteroatoms. The van der Waals surface area contributed by atoms with Crippen molar-refractivity contribution in [3.8, 4) is 0 Å². The molecule has 2 N–H and O–H groups in total. The molecule has 0 unspecified atom stereocenters. The number of benzene rings is 2. The van der Waals surface area contributed by atoms with Crippen LogP contribution in [-0.2, 0) is 21.0 Å². The number of carbonyl (C=O) groups excluding carboxylic acids is 1. The number of amides is 1. The minimum atomic E-state index is -4.65. The molecule has 0 aliphatic carbocycles. The molecule has 0 heterocycles. The van der Waals surface area contributed by atoms with Crippen LogP contribution in [0.1, 0.15) is 11.1 Å². The van der Waals surface area contributed by atoms with Crippen molar-refractivity contribution in [2.45, 2.75) is 18.0 Å². The molecule has 2 rings (SSSR count). The molecule has 2 aromatic rings. The average molecular weight is 450 g/mol. The van der Waals surface area contributed by atoms with Crippen LogP contribution in [0.4, 0.5) is 24.5 Å². The third-order valence-corrected chi connectivity index (χ3v) is 6.12. The number of aryl methyl sites for hydroxylation is 1. The van der Waals surface area contributed by atoms with E-state index in [1.807, 2.05) is 0 Å². The lowest BCUT2D eigenvalue weighted by Gasteiger charge is -2.15. The summed E-state index contributed by atoms with van der Waals surface area (Å²) in [6.45, 7) is 1.44. The molecule has 0 radical (unpaired) electrons. The zero-order chi connectivity index (χ0) is 22.0. The molecular formula is C18H19ClF3N3O3S. The van der Waals surface area contributed by atoms with Gasteiger partial charge in [0.25, 0.3) is 0 Å². The molecule has 0 aliphatic heterocycles. The van der Waals surface area contributed by atoms with E-state index in [2.05, 4.69) is 10.6 Å². The maximum atomic E-state index is 12.9. The van der Waals surface area contributed by atoms with Crippen LogP contribution in [0.2, 0.25) is 5.02 Å². The van der Waals surface area contributed by atoms with Gasteiger partial charge in [0.15, 0.2) is 0 Å². The molecule has 6 nitrogen and oxygen atoms in total. The lowest BCUT2D eigenvalue weighted by Crippen LogP contribution is -2.24. The monoisotopic (exact) mass is 449 g/mol. The first kappa shape index (κ1) is 23.0. The van der Waals surface area contributed by atoms with Crippen molar-refractivity contribution in [3.05, 3.63) is 52.5 Å². The van der Waals surface area contributed by atoms with Gasteiger partial charge in [-0.1, -0.05) is 17.7 Å². The number of hydrogen-bond acceptors (Lipinski definition) is 4. The lowest BCUT2D eigenvalue weighted by molar-refractivity contribution is -0.137. The van der Waals surface area contributed by atoms with E-state index in [9.17, 15) is 26.4 Å². The zero-order valence-corrected chi connectivity index (χ0v) is 17.3. The second-order valence-electron chi connectivity index (χ2n) is 6.36. The molecule has 0 spiro atoms. The fraction of sp³-hybridized carbons (Fsp3) is 0.278. The number of sulfonamides is 1. The van der Waals surface area contributed by atoms with Gasteiger partial charge in [0.2, 0.25) is 15.9 Å². The summed E-state index contributed by atoms with van der Waals surface area (Å²) in [7, 11) is -0.853. The predicted molar refractivity (Wildman–Crippen MR) is 106 cm³/mol. The SMILES string of the molecule is Cc1ccc(S(=O)(=O)N(C)C)cc1NCC(=O)Nc1ccc(Cl)c(C(F)(F)F)c1. The Bertz CT molecular complexity index is 1020. The van der Waals surface area contributed by atoms with Crippen LogP contribution in [0.25, 0.3) is 0 Å². The van der Waals surface area contributed by atoms with Crippen LogP contribution in [0, 0.1) is 6.92 Å². The van der Waals surface area contributed by atoms with Gasteiger partial charge in [0.05, 0.1) is 22.0 Å². The number of nitrogens with zero attached hydrogens (tertiary/aromatic N) is 1. The molecule has 0 atom stereocenters. The number of hydrogen-bond donors (Lipinski definition) is 2. The number of halogens is 4. The summed E-state index contributed by atoms with van der Waals surface area (Å²) < 4.78 is 64.3. The fourth-order valence-electron chi connectivity index (χ4n) is 2.36. The van der Waals surface area contributed by atoms with E-state index in [1.54, 1.807) is 13.0 Å². The van der Waals surface area contributed by atoms with Crippen molar-refractivity contribution in [3.63, 3.8) is 0 Å². The van der Waals surface area contributed by atoms with Gasteiger partial charge in [0, 0.05) is 25.5 Å². The molecular weight excluding hydrogens is 431 g/mol. The first-order valence-electron chi connectivity index (χ1n) is 8.26. The third kappa shape index (κ3) is 5.62. The van der Waals surface area contributed by atoms with Gasteiger partial charge >= 0.3 is 6.18 Å². The first-order valence-corrected chi connectivity index (χ1v) is 10.1. The highest BCUT2D eigenvalue weighted by Gasteiger charge is 2.33. The van der Waals surface area contributed by atoms with E-state index in [4.69, 9.17) is 11.6 Å². The summed E-state index contributed by atoms with van der Waals surface area (Å²) in [6.07, 6.45) is -4.65. The van der Waals surface area contributed by atoms with Crippen LogP contribution < -0.4 is 10.6 Å². The second kappa shape index (κ2) is 8.60. The van der Waals surface area contributed by atoms with Gasteiger partial charge in [-0.05, 0) is 42.8 Å². The molecule has 0 saturated carbocycles. The Hall–Kier alpha value is -2.30. The normalized spacial score (nSPS) is 12.1. The number of rotatable bonds is 6. The maximum Gasteiger partial charge on any atom is 0.417 e. The van der Waals surface area contributed by atoms with Gasteiger partial charge in [-0.25, -0.2) is 12.7 Å². The molecule has 2 aromatic carbocycles. The molecule has 1 amide bonds. The van der Waals surface area contributed by atoms with Gasteiger partial charge in [-0.15, -0.1) is 0 Å².